The summed E-state index contributed by atoms with van der Waals surface area (Å²) in [7, 11) is 1.65. The summed E-state index contributed by atoms with van der Waals surface area (Å²) in [5.74, 6) is -0.135. The summed E-state index contributed by atoms with van der Waals surface area (Å²) in [6, 6.07) is 18.1. The number of ether oxygens (including phenoxy) is 1. The number of nitrogens with one attached hydrogen (secondary N) is 4. The molecule has 5 aromatic heterocycles. The van der Waals surface area contributed by atoms with Crippen molar-refractivity contribution in [1.82, 2.24) is 50.2 Å². The van der Waals surface area contributed by atoms with Crippen molar-refractivity contribution in [1.29, 1.82) is 0 Å². The molecule has 4 N–H and O–H groups in total. The Kier molecular flexibility index (Phi) is 9.49. The van der Waals surface area contributed by atoms with Crippen LogP contribution in [0, 0.1) is 13.8 Å². The lowest BCUT2D eigenvalue weighted by atomic mass is 9.91. The number of nitrogens with zero attached hydrogens (tertiary/aromatic N) is 7. The molecule has 0 aliphatic heterocycles. The maximum absolute atomic E-state index is 13.4. The second kappa shape index (κ2) is 14.9. The Bertz CT molecular complexity index is 2570. The molecule has 8 rings (SSSR count). The van der Waals surface area contributed by atoms with E-state index in [9.17, 15) is 14.4 Å². The van der Waals surface area contributed by atoms with Gasteiger partial charge in [0.05, 0.1) is 25.5 Å². The van der Waals surface area contributed by atoms with E-state index in [1.54, 1.807) is 34.5 Å². The summed E-state index contributed by atoms with van der Waals surface area (Å²) < 4.78 is 8.78. The monoisotopic (exact) mass is 737 g/mol. The first kappa shape index (κ1) is 35.1. The van der Waals surface area contributed by atoms with Crippen LogP contribution >= 0.6 is 0 Å². The van der Waals surface area contributed by atoms with Gasteiger partial charge in [0.15, 0.2) is 5.65 Å². The normalized spacial score (nSPS) is 13.8. The van der Waals surface area contributed by atoms with Crippen molar-refractivity contribution in [2.75, 3.05) is 19.0 Å². The topological polar surface area (TPSA) is 186 Å². The van der Waals surface area contributed by atoms with Gasteiger partial charge in [0.25, 0.3) is 17.7 Å². The van der Waals surface area contributed by atoms with Crippen molar-refractivity contribution in [3.63, 3.8) is 0 Å². The molecule has 0 spiro atoms. The number of anilines is 1. The van der Waals surface area contributed by atoms with Gasteiger partial charge < -0.3 is 25.7 Å². The predicted octanol–water partition coefficient (Wildman–Crippen LogP) is 5.37. The van der Waals surface area contributed by atoms with Gasteiger partial charge in [0.1, 0.15) is 22.7 Å². The van der Waals surface area contributed by atoms with Crippen LogP contribution in [0.15, 0.2) is 79.3 Å². The van der Waals surface area contributed by atoms with Crippen LogP contribution in [0.1, 0.15) is 79.2 Å². The van der Waals surface area contributed by atoms with E-state index < -0.39 is 0 Å². The number of hydrogen-bond donors (Lipinski definition) is 4. The number of carbonyl (C=O) groups excluding carboxylic acids is 3. The maximum Gasteiger partial charge on any atom is 0.269 e. The SMILES string of the molecule is COc1ccc2[nH]c3c(c2c1)CCCC3NC(=O)c1ccnc(C(=O)NCCCn2cc(-c3ccc(NC(=O)c4cnn5c(C)cc(C)nc45)cc3)nn2)c1. The first-order chi connectivity index (χ1) is 26.7. The third-order valence-corrected chi connectivity index (χ3v) is 9.82. The maximum atomic E-state index is 13.4. The molecule has 5 heterocycles. The van der Waals surface area contributed by atoms with E-state index in [1.165, 1.54) is 24.0 Å². The van der Waals surface area contributed by atoms with E-state index in [0.717, 1.165) is 58.6 Å². The van der Waals surface area contributed by atoms with Crippen LogP contribution in [-0.4, -0.2) is 70.9 Å². The van der Waals surface area contributed by atoms with Crippen LogP contribution < -0.4 is 20.7 Å². The molecule has 0 fully saturated rings. The quantitative estimate of drug-likeness (QED) is 0.127. The number of amides is 3. The van der Waals surface area contributed by atoms with Gasteiger partial charge in [-0.05, 0) is 93.6 Å². The molecule has 1 atom stereocenters. The highest BCUT2D eigenvalue weighted by Gasteiger charge is 2.26. The molecule has 1 unspecified atom stereocenters. The van der Waals surface area contributed by atoms with E-state index in [2.05, 4.69) is 46.3 Å². The molecule has 55 heavy (non-hydrogen) atoms. The minimum atomic E-state index is -0.367. The number of methoxy groups -OCH3 is 1. The van der Waals surface area contributed by atoms with Crippen LogP contribution in [0.5, 0.6) is 5.75 Å². The Labute approximate surface area is 315 Å². The lowest BCUT2D eigenvalue weighted by Gasteiger charge is -2.24. The largest absolute Gasteiger partial charge is 0.497 e. The van der Waals surface area contributed by atoms with Gasteiger partial charge >= 0.3 is 0 Å². The van der Waals surface area contributed by atoms with Crippen molar-refractivity contribution < 1.29 is 19.1 Å². The summed E-state index contributed by atoms with van der Waals surface area (Å²) in [5.41, 5.74) is 8.49. The highest BCUT2D eigenvalue weighted by atomic mass is 16.5. The van der Waals surface area contributed by atoms with Crippen molar-refractivity contribution in [2.24, 2.45) is 0 Å². The lowest BCUT2D eigenvalue weighted by Crippen LogP contribution is -2.31. The average molecular weight is 738 g/mol. The molecule has 1 aliphatic carbocycles. The van der Waals surface area contributed by atoms with Crippen molar-refractivity contribution in [2.45, 2.75) is 52.1 Å². The third-order valence-electron chi connectivity index (χ3n) is 9.82. The number of hydrogen-bond acceptors (Lipinski definition) is 9. The molecule has 0 saturated carbocycles. The van der Waals surface area contributed by atoms with E-state index in [1.807, 2.05) is 56.4 Å². The molecule has 278 valence electrons. The summed E-state index contributed by atoms with van der Waals surface area (Å²) in [5, 5.41) is 22.9. The minimum Gasteiger partial charge on any atom is -0.497 e. The van der Waals surface area contributed by atoms with Crippen molar-refractivity contribution in [3.8, 4) is 17.0 Å². The number of benzene rings is 2. The van der Waals surface area contributed by atoms with Crippen LogP contribution in [0.25, 0.3) is 27.8 Å². The molecule has 2 aromatic carbocycles. The molecule has 15 nitrogen and oxygen atoms in total. The Balaban J connectivity index is 0.822. The molecule has 0 bridgehead atoms. The Morgan fingerprint density at radius 2 is 1.85 bits per heavy atom. The Hall–Kier alpha value is -6.90. The third kappa shape index (κ3) is 7.23. The van der Waals surface area contributed by atoms with E-state index in [0.29, 0.717) is 47.7 Å². The molecule has 7 aromatic rings. The van der Waals surface area contributed by atoms with Gasteiger partial charge in [-0.25, -0.2) is 9.50 Å². The van der Waals surface area contributed by atoms with Gasteiger partial charge in [-0.2, -0.15) is 5.10 Å². The number of pyridine rings is 1. The zero-order valence-electron chi connectivity index (χ0n) is 30.6. The highest BCUT2D eigenvalue weighted by Crippen LogP contribution is 2.36. The van der Waals surface area contributed by atoms with E-state index >= 15 is 0 Å². The second-order valence-electron chi connectivity index (χ2n) is 13.6. The van der Waals surface area contributed by atoms with Crippen molar-refractivity contribution >= 4 is 40.0 Å². The molecule has 3 amide bonds. The molecular weight excluding hydrogens is 699 g/mol. The number of rotatable bonds is 11. The summed E-state index contributed by atoms with van der Waals surface area (Å²) in [6.07, 6.45) is 8.10. The van der Waals surface area contributed by atoms with Gasteiger partial charge in [-0.3, -0.25) is 24.0 Å². The van der Waals surface area contributed by atoms with Crippen molar-refractivity contribution in [3.05, 3.63) is 119 Å². The Morgan fingerprint density at radius 3 is 2.69 bits per heavy atom. The molecule has 1 aliphatic rings. The number of aryl methyl sites for hydroxylation is 4. The van der Waals surface area contributed by atoms with Crippen LogP contribution in [0.4, 0.5) is 5.69 Å². The minimum absolute atomic E-state index is 0.165. The fourth-order valence-corrected chi connectivity index (χ4v) is 7.08. The molecule has 0 saturated heterocycles. The Morgan fingerprint density at radius 1 is 1.00 bits per heavy atom. The zero-order valence-corrected chi connectivity index (χ0v) is 30.6. The number of H-pyrrole nitrogens is 1. The fourth-order valence-electron chi connectivity index (χ4n) is 7.08. The highest BCUT2D eigenvalue weighted by molar-refractivity contribution is 6.08. The van der Waals surface area contributed by atoms with Crippen LogP contribution in [0.2, 0.25) is 0 Å². The zero-order chi connectivity index (χ0) is 38.1. The number of aromatic nitrogens is 8. The number of carbonyl (C=O) groups is 3. The predicted molar refractivity (Wildman–Crippen MR) is 205 cm³/mol. The fraction of sp³-hybridized carbons (Fsp3) is 0.250. The number of aromatic amines is 1. The standard InChI is InChI=1S/C40H39N11O4/c1-23-18-24(2)51-37(44-23)31(21-43-51)39(53)45-27-10-8-25(9-11-27)35-22-50(49-48-35)17-5-15-42-40(54)34-19-26(14-16-41-34)38(52)47-33-7-4-6-29-30-20-28(55-3)12-13-32(30)46-36(29)33/h8-14,16,18-22,33,46H,4-7,15,17H2,1-3H3,(H,42,54)(H,45,53)(H,47,52). The van der Waals surface area contributed by atoms with Gasteiger partial charge in [0, 0.05) is 64.1 Å². The summed E-state index contributed by atoms with van der Waals surface area (Å²) in [4.78, 5) is 51.6. The van der Waals surface area contributed by atoms with Crippen LogP contribution in [-0.2, 0) is 13.0 Å². The van der Waals surface area contributed by atoms with Crippen LogP contribution in [0.3, 0.4) is 0 Å². The van der Waals surface area contributed by atoms with Gasteiger partial charge in [-0.15, -0.1) is 5.10 Å². The lowest BCUT2D eigenvalue weighted by molar-refractivity contribution is 0.0931. The van der Waals surface area contributed by atoms with Gasteiger partial charge in [0.2, 0.25) is 0 Å². The average Bonchev–Trinajstić information content (AvgIpc) is 3.94. The molecule has 0 radical (unpaired) electrons. The smallest absolute Gasteiger partial charge is 0.269 e. The number of fused-ring (bicyclic) bond motifs is 4. The van der Waals surface area contributed by atoms with Gasteiger partial charge in [-0.1, -0.05) is 17.3 Å². The van der Waals surface area contributed by atoms with E-state index in [-0.39, 0.29) is 29.5 Å². The van der Waals surface area contributed by atoms with E-state index in [4.69, 9.17) is 4.74 Å². The molecular formula is C40H39N11O4. The summed E-state index contributed by atoms with van der Waals surface area (Å²) in [6.45, 7) is 4.69. The summed E-state index contributed by atoms with van der Waals surface area (Å²) >= 11 is 0. The first-order valence-corrected chi connectivity index (χ1v) is 18.1. The second-order valence-corrected chi connectivity index (χ2v) is 13.6. The molecule has 15 heteroatoms. The first-order valence-electron chi connectivity index (χ1n) is 18.1.